The van der Waals surface area contributed by atoms with Crippen LogP contribution in [-0.4, -0.2) is 32.3 Å². The van der Waals surface area contributed by atoms with Crippen LogP contribution in [0.25, 0.3) is 0 Å². The molecule has 3 nitrogen and oxygen atoms in total. The van der Waals surface area contributed by atoms with Gasteiger partial charge in [0.25, 0.3) is 0 Å². The van der Waals surface area contributed by atoms with Crippen molar-refractivity contribution in [1.82, 2.24) is 5.32 Å². The molecule has 118 valence electrons. The number of halogens is 2. The lowest BCUT2D eigenvalue weighted by molar-refractivity contribution is 0.0845. The van der Waals surface area contributed by atoms with E-state index in [-0.39, 0.29) is 11.8 Å². The predicted octanol–water partition coefficient (Wildman–Crippen LogP) is 3.08. The average molecular weight is 298 g/mol. The molecule has 1 fully saturated rings. The first-order valence-electron chi connectivity index (χ1n) is 7.51. The third kappa shape index (κ3) is 4.93. The first-order valence-corrected chi connectivity index (χ1v) is 7.51. The largest absolute Gasteiger partial charge is 0.377 e. The predicted molar refractivity (Wildman–Crippen MR) is 80.6 cm³/mol. The zero-order valence-electron chi connectivity index (χ0n) is 13.0. The number of likely N-dealkylation sites (N-methyl/N-ethyl adjacent to an activating group) is 1. The molecule has 0 amide bonds. The Hall–Kier alpha value is -1.20. The van der Waals surface area contributed by atoms with Gasteiger partial charge in [0.2, 0.25) is 0 Å². The molecule has 0 aliphatic heterocycles. The van der Waals surface area contributed by atoms with Gasteiger partial charge in [0.05, 0.1) is 12.7 Å². The van der Waals surface area contributed by atoms with Crippen LogP contribution >= 0.6 is 0 Å². The highest BCUT2D eigenvalue weighted by molar-refractivity contribution is 5.50. The molecular formula is C16H24F2N2O. The number of nitrogens with one attached hydrogen (secondary N) is 1. The highest BCUT2D eigenvalue weighted by Gasteiger charge is 2.21. The first-order chi connectivity index (χ1) is 9.97. The monoisotopic (exact) mass is 298 g/mol. The Labute approximate surface area is 125 Å². The van der Waals surface area contributed by atoms with Crippen molar-refractivity contribution >= 4 is 5.69 Å². The summed E-state index contributed by atoms with van der Waals surface area (Å²) in [5.74, 6) is -1.04. The van der Waals surface area contributed by atoms with E-state index < -0.39 is 11.6 Å². The van der Waals surface area contributed by atoms with Gasteiger partial charge in [0.15, 0.2) is 0 Å². The minimum atomic E-state index is -0.519. The molecule has 0 heterocycles. The van der Waals surface area contributed by atoms with Crippen LogP contribution in [0.3, 0.4) is 0 Å². The van der Waals surface area contributed by atoms with Crippen LogP contribution in [-0.2, 0) is 11.3 Å². The summed E-state index contributed by atoms with van der Waals surface area (Å²) in [6.45, 7) is 5.27. The Morgan fingerprint density at radius 1 is 1.29 bits per heavy atom. The van der Waals surface area contributed by atoms with Gasteiger partial charge >= 0.3 is 0 Å². The first kappa shape index (κ1) is 16.2. The smallest absolute Gasteiger partial charge is 0.149 e. The molecule has 21 heavy (non-hydrogen) atoms. The Morgan fingerprint density at radius 2 is 1.90 bits per heavy atom. The maximum Gasteiger partial charge on any atom is 0.149 e. The van der Waals surface area contributed by atoms with Gasteiger partial charge in [-0.2, -0.15) is 0 Å². The van der Waals surface area contributed by atoms with E-state index in [0.29, 0.717) is 31.3 Å². The lowest BCUT2D eigenvalue weighted by Gasteiger charge is -2.21. The van der Waals surface area contributed by atoms with Crippen molar-refractivity contribution in [2.24, 2.45) is 0 Å². The van der Waals surface area contributed by atoms with E-state index in [0.717, 1.165) is 12.8 Å². The fourth-order valence-corrected chi connectivity index (χ4v) is 2.17. The minimum Gasteiger partial charge on any atom is -0.377 e. The van der Waals surface area contributed by atoms with Gasteiger partial charge in [-0.25, -0.2) is 8.78 Å². The van der Waals surface area contributed by atoms with E-state index in [2.05, 4.69) is 5.32 Å². The molecule has 0 radical (unpaired) electrons. The van der Waals surface area contributed by atoms with Crippen LogP contribution in [0, 0.1) is 11.6 Å². The second-order valence-electron chi connectivity index (χ2n) is 5.90. The molecule has 1 saturated carbocycles. The third-order valence-corrected chi connectivity index (χ3v) is 3.51. The molecule has 1 N–H and O–H groups in total. The van der Waals surface area contributed by atoms with Crippen molar-refractivity contribution in [3.63, 3.8) is 0 Å². The zero-order valence-corrected chi connectivity index (χ0v) is 13.0. The molecular weight excluding hydrogens is 274 g/mol. The molecule has 0 bridgehead atoms. The number of benzene rings is 1. The Morgan fingerprint density at radius 3 is 2.43 bits per heavy atom. The number of hydrogen-bond donors (Lipinski definition) is 1. The fourth-order valence-electron chi connectivity index (χ4n) is 2.17. The summed E-state index contributed by atoms with van der Waals surface area (Å²) in [6, 6.07) is 3.34. The van der Waals surface area contributed by atoms with Crippen molar-refractivity contribution in [3.8, 4) is 0 Å². The molecule has 1 aromatic carbocycles. The van der Waals surface area contributed by atoms with Crippen LogP contribution in [0.5, 0.6) is 0 Å². The highest BCUT2D eigenvalue weighted by Crippen LogP contribution is 2.25. The number of rotatable bonds is 8. The Bertz CT molecular complexity index is 452. The molecule has 2 rings (SSSR count). The molecule has 0 unspecified atom stereocenters. The van der Waals surface area contributed by atoms with Crippen molar-refractivity contribution in [2.45, 2.75) is 45.4 Å². The van der Waals surface area contributed by atoms with Crippen LogP contribution in [0.4, 0.5) is 14.5 Å². The van der Waals surface area contributed by atoms with Gasteiger partial charge in [0.1, 0.15) is 17.3 Å². The van der Waals surface area contributed by atoms with Crippen LogP contribution < -0.4 is 10.2 Å². The maximum atomic E-state index is 14.1. The van der Waals surface area contributed by atoms with Crippen LogP contribution in [0.2, 0.25) is 0 Å². The number of hydrogen-bond acceptors (Lipinski definition) is 3. The summed E-state index contributed by atoms with van der Waals surface area (Å²) in [7, 11) is 1.67. The second kappa shape index (κ2) is 7.18. The van der Waals surface area contributed by atoms with E-state index in [1.165, 1.54) is 12.1 Å². The molecule has 0 spiro atoms. The van der Waals surface area contributed by atoms with E-state index in [4.69, 9.17) is 4.74 Å². The van der Waals surface area contributed by atoms with Crippen LogP contribution in [0.15, 0.2) is 12.1 Å². The lowest BCUT2D eigenvalue weighted by atomic mass is 10.1. The normalized spacial score (nSPS) is 14.8. The summed E-state index contributed by atoms with van der Waals surface area (Å²) in [5.41, 5.74) is 0.657. The summed E-state index contributed by atoms with van der Waals surface area (Å²) >= 11 is 0. The molecule has 5 heteroatoms. The molecule has 1 aromatic rings. The Balaban J connectivity index is 1.97. The number of nitrogens with zero attached hydrogens (tertiary/aromatic N) is 1. The maximum absolute atomic E-state index is 14.1. The van der Waals surface area contributed by atoms with Crippen LogP contribution in [0.1, 0.15) is 32.3 Å². The molecule has 0 aromatic heterocycles. The molecule has 1 aliphatic carbocycles. The van der Waals surface area contributed by atoms with Crippen molar-refractivity contribution in [1.29, 1.82) is 0 Å². The average Bonchev–Trinajstić information content (AvgIpc) is 3.19. The number of ether oxygens (including phenoxy) is 1. The van der Waals surface area contributed by atoms with Gasteiger partial charge in [-0.3, -0.25) is 0 Å². The number of anilines is 1. The standard InChI is InChI=1S/C16H24F2N2O/c1-11(2)21-7-6-20(3)16-14(17)8-12(9-15(16)18)10-19-13-4-5-13/h8-9,11,13,19H,4-7,10H2,1-3H3. The topological polar surface area (TPSA) is 24.5 Å². The highest BCUT2D eigenvalue weighted by atomic mass is 19.1. The zero-order chi connectivity index (χ0) is 15.4. The van der Waals surface area contributed by atoms with E-state index in [1.807, 2.05) is 13.8 Å². The fraction of sp³-hybridized carbons (Fsp3) is 0.625. The van der Waals surface area contributed by atoms with Crippen molar-refractivity contribution in [2.75, 3.05) is 25.1 Å². The SMILES string of the molecule is CC(C)OCCN(C)c1c(F)cc(CNC2CC2)cc1F. The summed E-state index contributed by atoms with van der Waals surface area (Å²) < 4.78 is 33.7. The van der Waals surface area contributed by atoms with E-state index >= 15 is 0 Å². The minimum absolute atomic E-state index is 0.0116. The van der Waals surface area contributed by atoms with Gasteiger partial charge in [0, 0.05) is 26.2 Å². The molecule has 1 aliphatic rings. The Kier molecular flexibility index (Phi) is 5.53. The van der Waals surface area contributed by atoms with Gasteiger partial charge in [-0.15, -0.1) is 0 Å². The van der Waals surface area contributed by atoms with Crippen molar-refractivity contribution in [3.05, 3.63) is 29.3 Å². The van der Waals surface area contributed by atoms with Gasteiger partial charge in [-0.05, 0) is 44.4 Å². The quantitative estimate of drug-likeness (QED) is 0.798. The van der Waals surface area contributed by atoms with E-state index in [1.54, 1.807) is 11.9 Å². The van der Waals surface area contributed by atoms with Gasteiger partial charge < -0.3 is 15.0 Å². The van der Waals surface area contributed by atoms with Crippen molar-refractivity contribution < 1.29 is 13.5 Å². The van der Waals surface area contributed by atoms with Gasteiger partial charge in [-0.1, -0.05) is 0 Å². The summed E-state index contributed by atoms with van der Waals surface area (Å²) in [4.78, 5) is 1.56. The molecule has 0 atom stereocenters. The molecule has 0 saturated heterocycles. The summed E-state index contributed by atoms with van der Waals surface area (Å²) in [6.07, 6.45) is 2.42. The van der Waals surface area contributed by atoms with E-state index in [9.17, 15) is 8.78 Å². The third-order valence-electron chi connectivity index (χ3n) is 3.51. The second-order valence-corrected chi connectivity index (χ2v) is 5.90. The lowest BCUT2D eigenvalue weighted by Crippen LogP contribution is -2.26. The summed E-state index contributed by atoms with van der Waals surface area (Å²) in [5, 5.41) is 3.26.